The van der Waals surface area contributed by atoms with Gasteiger partial charge in [-0.05, 0) is 31.7 Å². The van der Waals surface area contributed by atoms with Crippen molar-refractivity contribution in [1.82, 2.24) is 4.90 Å². The third-order valence-corrected chi connectivity index (χ3v) is 3.14. The predicted molar refractivity (Wildman–Crippen MR) is 62.1 cm³/mol. The maximum absolute atomic E-state index is 11.4. The van der Waals surface area contributed by atoms with Gasteiger partial charge in [0.1, 0.15) is 0 Å². The average Bonchev–Trinajstić information content (AvgIpc) is 2.14. The monoisotopic (exact) mass is 229 g/mol. The van der Waals surface area contributed by atoms with Crippen LogP contribution in [-0.4, -0.2) is 48.3 Å². The third-order valence-electron chi connectivity index (χ3n) is 3.14. The lowest BCUT2D eigenvalue weighted by Gasteiger charge is -2.40. The van der Waals surface area contributed by atoms with Crippen molar-refractivity contribution < 1.29 is 14.6 Å². The van der Waals surface area contributed by atoms with Gasteiger partial charge in [0.2, 0.25) is 0 Å². The Hall–Kier alpha value is -0.610. The summed E-state index contributed by atoms with van der Waals surface area (Å²) in [6, 6.07) is 0. The molecular weight excluding hydrogens is 206 g/mol. The van der Waals surface area contributed by atoms with Crippen molar-refractivity contribution >= 4 is 5.97 Å². The summed E-state index contributed by atoms with van der Waals surface area (Å²) in [5.74, 6) is -0.559. The first-order chi connectivity index (χ1) is 7.27. The maximum atomic E-state index is 11.4. The highest BCUT2D eigenvalue weighted by Gasteiger charge is 2.36. The smallest absolute Gasteiger partial charge is 0.338 e. The Bertz CT molecular complexity index is 261. The minimum atomic E-state index is -1.40. The Kier molecular flexibility index (Phi) is 3.97. The molecule has 0 radical (unpaired) electrons. The zero-order valence-corrected chi connectivity index (χ0v) is 10.7. The Morgan fingerprint density at radius 1 is 1.56 bits per heavy atom. The summed E-state index contributed by atoms with van der Waals surface area (Å²) in [5, 5.41) is 9.99. The lowest BCUT2D eigenvalue weighted by molar-refractivity contribution is -0.163. The van der Waals surface area contributed by atoms with Crippen LogP contribution >= 0.6 is 0 Å². The van der Waals surface area contributed by atoms with Crippen molar-refractivity contribution in [3.05, 3.63) is 0 Å². The van der Waals surface area contributed by atoms with E-state index in [2.05, 4.69) is 23.5 Å². The van der Waals surface area contributed by atoms with E-state index >= 15 is 0 Å². The minimum absolute atomic E-state index is 0.268. The molecule has 1 N–H and O–H groups in total. The van der Waals surface area contributed by atoms with Crippen molar-refractivity contribution in [3.8, 4) is 0 Å². The number of nitrogens with zero attached hydrogens (tertiary/aromatic N) is 1. The van der Waals surface area contributed by atoms with Gasteiger partial charge in [-0.2, -0.15) is 0 Å². The molecule has 1 aliphatic heterocycles. The molecule has 4 nitrogen and oxygen atoms in total. The summed E-state index contributed by atoms with van der Waals surface area (Å²) in [5.41, 5.74) is -1.13. The van der Waals surface area contributed by atoms with E-state index in [4.69, 9.17) is 0 Å². The van der Waals surface area contributed by atoms with E-state index < -0.39 is 11.6 Å². The van der Waals surface area contributed by atoms with E-state index in [0.717, 1.165) is 19.5 Å². The number of hydrogen-bond acceptors (Lipinski definition) is 4. The van der Waals surface area contributed by atoms with Gasteiger partial charge in [-0.3, -0.25) is 4.90 Å². The first kappa shape index (κ1) is 13.5. The van der Waals surface area contributed by atoms with Crippen LogP contribution in [0, 0.1) is 5.41 Å². The van der Waals surface area contributed by atoms with Gasteiger partial charge in [-0.15, -0.1) is 0 Å². The molecule has 0 aromatic heterocycles. The fourth-order valence-electron chi connectivity index (χ4n) is 2.40. The van der Waals surface area contributed by atoms with Gasteiger partial charge >= 0.3 is 5.97 Å². The van der Waals surface area contributed by atoms with Gasteiger partial charge in [0.25, 0.3) is 0 Å². The molecule has 1 aliphatic rings. The van der Waals surface area contributed by atoms with Gasteiger partial charge in [0.15, 0.2) is 5.60 Å². The number of β-amino-alcohol motifs (C(OH)–C–C–N with tert-alkyl or cyclic N) is 1. The topological polar surface area (TPSA) is 49.8 Å². The lowest BCUT2D eigenvalue weighted by atomic mass is 9.83. The van der Waals surface area contributed by atoms with E-state index in [1.807, 2.05) is 0 Å². The molecule has 0 bridgehead atoms. The number of ether oxygens (including phenoxy) is 1. The fourth-order valence-corrected chi connectivity index (χ4v) is 2.40. The molecule has 1 heterocycles. The van der Waals surface area contributed by atoms with E-state index in [0.29, 0.717) is 6.54 Å². The molecule has 1 saturated heterocycles. The number of carbonyl (C=O) groups excluding carboxylic acids is 1. The summed E-state index contributed by atoms with van der Waals surface area (Å²) in [7, 11) is 1.30. The number of carbonyl (C=O) groups is 1. The van der Waals surface area contributed by atoms with Crippen LogP contribution in [0.15, 0.2) is 0 Å². The van der Waals surface area contributed by atoms with E-state index in [-0.39, 0.29) is 5.41 Å². The van der Waals surface area contributed by atoms with Gasteiger partial charge in [-0.25, -0.2) is 4.79 Å². The number of piperidine rings is 1. The fraction of sp³-hybridized carbons (Fsp3) is 0.917. The summed E-state index contributed by atoms with van der Waals surface area (Å²) < 4.78 is 4.59. The molecule has 0 spiro atoms. The summed E-state index contributed by atoms with van der Waals surface area (Å²) in [4.78, 5) is 13.5. The number of hydrogen-bond donors (Lipinski definition) is 1. The second kappa shape index (κ2) is 4.72. The van der Waals surface area contributed by atoms with Crippen LogP contribution in [0.1, 0.15) is 33.6 Å². The zero-order valence-electron chi connectivity index (χ0n) is 10.7. The summed E-state index contributed by atoms with van der Waals surface area (Å²) in [6.07, 6.45) is 2.31. The second-order valence-corrected chi connectivity index (χ2v) is 5.74. The van der Waals surface area contributed by atoms with Crippen molar-refractivity contribution in [3.63, 3.8) is 0 Å². The SMILES string of the molecule is COC(=O)C(C)(O)CN1CCCC(C)(C)C1. The molecule has 94 valence electrons. The summed E-state index contributed by atoms with van der Waals surface area (Å²) >= 11 is 0. The first-order valence-electron chi connectivity index (χ1n) is 5.80. The molecule has 0 aromatic rings. The van der Waals surface area contributed by atoms with E-state index in [1.54, 1.807) is 0 Å². The van der Waals surface area contributed by atoms with Crippen LogP contribution < -0.4 is 0 Å². The van der Waals surface area contributed by atoms with Crippen LogP contribution in [0.25, 0.3) is 0 Å². The van der Waals surface area contributed by atoms with Gasteiger partial charge < -0.3 is 9.84 Å². The Balaban J connectivity index is 2.57. The van der Waals surface area contributed by atoms with Gasteiger partial charge in [-0.1, -0.05) is 13.8 Å². The third kappa shape index (κ3) is 3.46. The van der Waals surface area contributed by atoms with Crippen molar-refractivity contribution in [2.75, 3.05) is 26.7 Å². The summed E-state index contributed by atoms with van der Waals surface area (Å²) in [6.45, 7) is 8.15. The van der Waals surface area contributed by atoms with Crippen molar-refractivity contribution in [2.45, 2.75) is 39.2 Å². The van der Waals surface area contributed by atoms with Crippen molar-refractivity contribution in [2.24, 2.45) is 5.41 Å². The first-order valence-corrected chi connectivity index (χ1v) is 5.80. The van der Waals surface area contributed by atoms with Crippen LogP contribution in [0.5, 0.6) is 0 Å². The number of aliphatic hydroxyl groups is 1. The highest BCUT2D eigenvalue weighted by Crippen LogP contribution is 2.29. The van der Waals surface area contributed by atoms with Crippen molar-refractivity contribution in [1.29, 1.82) is 0 Å². The maximum Gasteiger partial charge on any atom is 0.338 e. The molecule has 1 fully saturated rings. The van der Waals surface area contributed by atoms with E-state index in [9.17, 15) is 9.90 Å². The van der Waals surface area contributed by atoms with Crippen LogP contribution in [0.4, 0.5) is 0 Å². The largest absolute Gasteiger partial charge is 0.467 e. The molecule has 1 atom stereocenters. The highest BCUT2D eigenvalue weighted by atomic mass is 16.5. The molecule has 4 heteroatoms. The molecule has 0 saturated carbocycles. The minimum Gasteiger partial charge on any atom is -0.467 e. The highest BCUT2D eigenvalue weighted by molar-refractivity contribution is 5.78. The normalized spacial score (nSPS) is 24.8. The molecule has 0 amide bonds. The molecule has 1 unspecified atom stereocenters. The van der Waals surface area contributed by atoms with Crippen LogP contribution in [0.2, 0.25) is 0 Å². The number of methoxy groups -OCH3 is 1. The van der Waals surface area contributed by atoms with Crippen LogP contribution in [-0.2, 0) is 9.53 Å². The Labute approximate surface area is 97.6 Å². The molecular formula is C12H23NO3. The predicted octanol–water partition coefficient (Wildman–Crippen LogP) is 1.03. The zero-order chi connectivity index (χ0) is 12.4. The quantitative estimate of drug-likeness (QED) is 0.734. The number of rotatable bonds is 3. The number of likely N-dealkylation sites (tertiary alicyclic amines) is 1. The molecule has 0 aliphatic carbocycles. The average molecular weight is 229 g/mol. The molecule has 16 heavy (non-hydrogen) atoms. The van der Waals surface area contributed by atoms with Gasteiger partial charge in [0, 0.05) is 13.1 Å². The molecule has 0 aromatic carbocycles. The second-order valence-electron chi connectivity index (χ2n) is 5.74. The lowest BCUT2D eigenvalue weighted by Crippen LogP contribution is -2.51. The van der Waals surface area contributed by atoms with Crippen LogP contribution in [0.3, 0.4) is 0 Å². The Morgan fingerprint density at radius 2 is 2.19 bits per heavy atom. The van der Waals surface area contributed by atoms with Gasteiger partial charge in [0.05, 0.1) is 7.11 Å². The number of esters is 1. The molecule has 1 rings (SSSR count). The Morgan fingerprint density at radius 3 is 2.69 bits per heavy atom. The van der Waals surface area contributed by atoms with E-state index in [1.165, 1.54) is 20.5 Å². The standard InChI is InChI=1S/C12H23NO3/c1-11(2)6-5-7-13(8-11)9-12(3,15)10(14)16-4/h15H,5-9H2,1-4H3.